The van der Waals surface area contributed by atoms with Crippen LogP contribution in [0.4, 0.5) is 11.5 Å². The Kier molecular flexibility index (Phi) is 4.14. The van der Waals surface area contributed by atoms with E-state index in [-0.39, 0.29) is 6.04 Å². The molecule has 0 aliphatic heterocycles. The molecule has 0 bridgehead atoms. The van der Waals surface area contributed by atoms with Crippen molar-refractivity contribution in [2.75, 3.05) is 11.1 Å². The molecule has 0 atom stereocenters. The van der Waals surface area contributed by atoms with Crippen LogP contribution in [0, 0.1) is 6.92 Å². The van der Waals surface area contributed by atoms with Gasteiger partial charge in [-0.3, -0.25) is 0 Å². The molecule has 0 fully saturated rings. The number of rotatable bonds is 4. The Labute approximate surface area is 122 Å². The number of nitrogens with two attached hydrogens (primary N) is 1. The first-order valence-electron chi connectivity index (χ1n) is 6.32. The summed E-state index contributed by atoms with van der Waals surface area (Å²) >= 11 is 3.47. The highest BCUT2D eigenvalue weighted by Gasteiger charge is 2.14. The van der Waals surface area contributed by atoms with E-state index in [2.05, 4.69) is 52.3 Å². The van der Waals surface area contributed by atoms with E-state index in [1.165, 1.54) is 5.56 Å². The van der Waals surface area contributed by atoms with Gasteiger partial charge in [0.05, 0.1) is 11.4 Å². The fourth-order valence-electron chi connectivity index (χ4n) is 1.94. The predicted molar refractivity (Wildman–Crippen MR) is 83.2 cm³/mol. The van der Waals surface area contributed by atoms with Gasteiger partial charge in [0.2, 0.25) is 0 Å². The molecular formula is C14H19BrN4. The van der Waals surface area contributed by atoms with Crippen molar-refractivity contribution < 1.29 is 0 Å². The number of nitrogen functional groups attached to an aromatic ring is 1. The van der Waals surface area contributed by atoms with Crippen molar-refractivity contribution in [1.29, 1.82) is 0 Å². The third-order valence-corrected chi connectivity index (χ3v) is 3.46. The molecule has 0 aliphatic carbocycles. The van der Waals surface area contributed by atoms with E-state index < -0.39 is 0 Å². The normalized spacial score (nSPS) is 11.0. The van der Waals surface area contributed by atoms with Gasteiger partial charge in [0.1, 0.15) is 5.82 Å². The van der Waals surface area contributed by atoms with Gasteiger partial charge in [-0.1, -0.05) is 28.1 Å². The highest BCUT2D eigenvalue weighted by atomic mass is 79.9. The Hall–Kier alpha value is -1.49. The van der Waals surface area contributed by atoms with Gasteiger partial charge in [-0.15, -0.1) is 0 Å². The van der Waals surface area contributed by atoms with Crippen LogP contribution in [0.5, 0.6) is 0 Å². The molecule has 3 N–H and O–H groups in total. The minimum Gasteiger partial charge on any atom is -0.394 e. The number of anilines is 2. The molecule has 1 heterocycles. The largest absolute Gasteiger partial charge is 0.394 e. The Morgan fingerprint density at radius 2 is 2.16 bits per heavy atom. The minimum atomic E-state index is 0.279. The summed E-state index contributed by atoms with van der Waals surface area (Å²) in [5.74, 6) is 0.896. The van der Waals surface area contributed by atoms with Crippen molar-refractivity contribution >= 4 is 27.4 Å². The number of halogens is 1. The van der Waals surface area contributed by atoms with E-state index in [4.69, 9.17) is 5.73 Å². The van der Waals surface area contributed by atoms with Gasteiger partial charge in [0.25, 0.3) is 0 Å². The first-order valence-corrected chi connectivity index (χ1v) is 7.11. The molecule has 0 radical (unpaired) electrons. The van der Waals surface area contributed by atoms with Crippen LogP contribution >= 0.6 is 15.9 Å². The maximum atomic E-state index is 6.08. The van der Waals surface area contributed by atoms with Crippen molar-refractivity contribution in [3.05, 3.63) is 40.0 Å². The molecule has 19 heavy (non-hydrogen) atoms. The summed E-state index contributed by atoms with van der Waals surface area (Å²) in [5.41, 5.74) is 8.87. The lowest BCUT2D eigenvalue weighted by molar-refractivity contribution is 0.534. The summed E-state index contributed by atoms with van der Waals surface area (Å²) in [7, 11) is 0. The summed E-state index contributed by atoms with van der Waals surface area (Å²) in [5, 5.41) is 7.84. The lowest BCUT2D eigenvalue weighted by Gasteiger charge is -2.13. The van der Waals surface area contributed by atoms with Gasteiger partial charge in [-0.2, -0.15) is 5.10 Å². The molecule has 2 aromatic rings. The van der Waals surface area contributed by atoms with Crippen LogP contribution < -0.4 is 11.1 Å². The summed E-state index contributed by atoms with van der Waals surface area (Å²) in [4.78, 5) is 0. The van der Waals surface area contributed by atoms with E-state index in [1.807, 2.05) is 23.7 Å². The average Bonchev–Trinajstić information content (AvgIpc) is 2.64. The highest BCUT2D eigenvalue weighted by molar-refractivity contribution is 9.10. The Morgan fingerprint density at radius 1 is 1.42 bits per heavy atom. The molecule has 0 saturated heterocycles. The fourth-order valence-corrected chi connectivity index (χ4v) is 2.39. The van der Waals surface area contributed by atoms with Gasteiger partial charge in [-0.05, 0) is 38.5 Å². The number of aryl methyl sites for hydroxylation is 1. The zero-order valence-corrected chi connectivity index (χ0v) is 13.0. The summed E-state index contributed by atoms with van der Waals surface area (Å²) < 4.78 is 3.01. The van der Waals surface area contributed by atoms with Gasteiger partial charge in [0, 0.05) is 17.1 Å². The number of aromatic nitrogens is 2. The van der Waals surface area contributed by atoms with E-state index in [0.717, 1.165) is 28.2 Å². The van der Waals surface area contributed by atoms with Crippen molar-refractivity contribution in [2.45, 2.75) is 33.4 Å². The van der Waals surface area contributed by atoms with Crippen molar-refractivity contribution in [3.63, 3.8) is 0 Å². The second-order valence-corrected chi connectivity index (χ2v) is 5.79. The fraction of sp³-hybridized carbons (Fsp3) is 0.357. The Balaban J connectivity index is 2.19. The van der Waals surface area contributed by atoms with Gasteiger partial charge >= 0.3 is 0 Å². The number of hydrogen-bond donors (Lipinski definition) is 2. The maximum Gasteiger partial charge on any atom is 0.148 e. The summed E-state index contributed by atoms with van der Waals surface area (Å²) in [6.07, 6.45) is 0. The lowest BCUT2D eigenvalue weighted by atomic mass is 10.2. The monoisotopic (exact) mass is 322 g/mol. The SMILES string of the molecule is Cc1nn(C(C)C)c(NCc2cccc(Br)c2)c1N. The summed E-state index contributed by atoms with van der Waals surface area (Å²) in [6.45, 7) is 6.84. The first-order chi connectivity index (χ1) is 8.99. The van der Waals surface area contributed by atoms with Crippen LogP contribution in [-0.4, -0.2) is 9.78 Å². The molecule has 0 unspecified atom stereocenters. The number of benzene rings is 1. The molecule has 102 valence electrons. The highest BCUT2D eigenvalue weighted by Crippen LogP contribution is 2.26. The molecule has 2 rings (SSSR count). The molecule has 0 spiro atoms. The van der Waals surface area contributed by atoms with Crippen LogP contribution in [0.25, 0.3) is 0 Å². The third kappa shape index (κ3) is 3.10. The van der Waals surface area contributed by atoms with Crippen molar-refractivity contribution in [1.82, 2.24) is 9.78 Å². The zero-order chi connectivity index (χ0) is 14.0. The van der Waals surface area contributed by atoms with Crippen molar-refractivity contribution in [3.8, 4) is 0 Å². The maximum absolute atomic E-state index is 6.08. The van der Waals surface area contributed by atoms with Crippen molar-refractivity contribution in [2.24, 2.45) is 0 Å². The van der Waals surface area contributed by atoms with Gasteiger partial charge in [0.15, 0.2) is 0 Å². The molecule has 1 aromatic heterocycles. The smallest absolute Gasteiger partial charge is 0.148 e. The lowest BCUT2D eigenvalue weighted by Crippen LogP contribution is -2.11. The Bertz CT molecular complexity index is 575. The molecule has 0 amide bonds. The Morgan fingerprint density at radius 3 is 2.79 bits per heavy atom. The van der Waals surface area contributed by atoms with Crippen LogP contribution in [0.15, 0.2) is 28.7 Å². The van der Waals surface area contributed by atoms with E-state index in [1.54, 1.807) is 0 Å². The number of hydrogen-bond acceptors (Lipinski definition) is 3. The standard InChI is InChI=1S/C14H19BrN4/c1-9(2)19-14(13(16)10(3)18-19)17-8-11-5-4-6-12(15)7-11/h4-7,9,17H,8,16H2,1-3H3. The average molecular weight is 323 g/mol. The minimum absolute atomic E-state index is 0.279. The molecule has 0 saturated carbocycles. The van der Waals surface area contributed by atoms with Crippen LogP contribution in [0.1, 0.15) is 31.1 Å². The van der Waals surface area contributed by atoms with Gasteiger partial charge < -0.3 is 11.1 Å². The van der Waals surface area contributed by atoms with Crippen LogP contribution in [-0.2, 0) is 6.54 Å². The topological polar surface area (TPSA) is 55.9 Å². The molecule has 1 aromatic carbocycles. The predicted octanol–water partition coefficient (Wildman–Crippen LogP) is 3.73. The van der Waals surface area contributed by atoms with Crippen LogP contribution in [0.2, 0.25) is 0 Å². The molecule has 4 nitrogen and oxygen atoms in total. The van der Waals surface area contributed by atoms with E-state index >= 15 is 0 Å². The molecular weight excluding hydrogens is 304 g/mol. The molecule has 5 heteroatoms. The second kappa shape index (κ2) is 5.65. The number of nitrogens with zero attached hydrogens (tertiary/aromatic N) is 2. The zero-order valence-electron chi connectivity index (χ0n) is 11.4. The number of nitrogens with one attached hydrogen (secondary N) is 1. The van der Waals surface area contributed by atoms with Crippen LogP contribution in [0.3, 0.4) is 0 Å². The summed E-state index contributed by atoms with van der Waals surface area (Å²) in [6, 6.07) is 8.49. The third-order valence-electron chi connectivity index (χ3n) is 2.97. The first kappa shape index (κ1) is 13.9. The quantitative estimate of drug-likeness (QED) is 0.901. The van der Waals surface area contributed by atoms with Gasteiger partial charge in [-0.25, -0.2) is 4.68 Å². The van der Waals surface area contributed by atoms with E-state index in [9.17, 15) is 0 Å². The molecule has 0 aliphatic rings. The second-order valence-electron chi connectivity index (χ2n) is 4.87. The van der Waals surface area contributed by atoms with E-state index in [0.29, 0.717) is 0 Å².